The van der Waals surface area contributed by atoms with E-state index in [9.17, 15) is 4.39 Å². The van der Waals surface area contributed by atoms with Gasteiger partial charge in [0, 0.05) is 18.0 Å². The fourth-order valence-corrected chi connectivity index (χ4v) is 2.33. The Bertz CT molecular complexity index is 554. The monoisotopic (exact) mass is 263 g/mol. The molecule has 2 rings (SSSR count). The van der Waals surface area contributed by atoms with Crippen LogP contribution >= 0.6 is 0 Å². The molecule has 0 aliphatic carbocycles. The lowest BCUT2D eigenvalue weighted by Gasteiger charge is -2.23. The van der Waals surface area contributed by atoms with E-state index >= 15 is 0 Å². The number of benzene rings is 1. The standard InChI is InChI=1S/C15H22FN3/c1-5-13(17-9-15(3,4)16)12-7-11-8-18-19-14(11)6-10(12)2/h6-8,13,17H,5,9H2,1-4H3,(H,18,19)/t13-/m1/s1. The van der Waals surface area contributed by atoms with Gasteiger partial charge in [-0.1, -0.05) is 6.92 Å². The zero-order valence-electron chi connectivity index (χ0n) is 12.0. The van der Waals surface area contributed by atoms with E-state index in [4.69, 9.17) is 0 Å². The molecule has 1 aromatic heterocycles. The predicted octanol–water partition coefficient (Wildman–Crippen LogP) is 3.66. The predicted molar refractivity (Wildman–Crippen MR) is 77.1 cm³/mol. The molecule has 0 bridgehead atoms. The number of aromatic amines is 1. The summed E-state index contributed by atoms with van der Waals surface area (Å²) in [5, 5.41) is 11.4. The summed E-state index contributed by atoms with van der Waals surface area (Å²) in [4.78, 5) is 0. The molecule has 0 saturated carbocycles. The molecule has 1 heterocycles. The van der Waals surface area contributed by atoms with E-state index in [-0.39, 0.29) is 6.04 Å². The van der Waals surface area contributed by atoms with Crippen molar-refractivity contribution in [2.45, 2.75) is 45.8 Å². The van der Waals surface area contributed by atoms with E-state index in [0.29, 0.717) is 6.54 Å². The largest absolute Gasteiger partial charge is 0.307 e. The van der Waals surface area contributed by atoms with Gasteiger partial charge in [0.2, 0.25) is 0 Å². The fraction of sp³-hybridized carbons (Fsp3) is 0.533. The third-order valence-electron chi connectivity index (χ3n) is 3.38. The first-order valence-electron chi connectivity index (χ1n) is 6.76. The van der Waals surface area contributed by atoms with Crippen molar-refractivity contribution in [2.75, 3.05) is 6.54 Å². The third-order valence-corrected chi connectivity index (χ3v) is 3.38. The molecule has 3 nitrogen and oxygen atoms in total. The quantitative estimate of drug-likeness (QED) is 0.864. The molecule has 0 spiro atoms. The lowest BCUT2D eigenvalue weighted by molar-refractivity contribution is 0.202. The van der Waals surface area contributed by atoms with Gasteiger partial charge in [0.25, 0.3) is 0 Å². The summed E-state index contributed by atoms with van der Waals surface area (Å²) in [6, 6.07) is 4.41. The van der Waals surface area contributed by atoms with Gasteiger partial charge in [-0.05, 0) is 50.5 Å². The third kappa shape index (κ3) is 3.32. The number of aryl methyl sites for hydroxylation is 1. The Morgan fingerprint density at radius 3 is 2.79 bits per heavy atom. The summed E-state index contributed by atoms with van der Waals surface area (Å²) in [6.45, 7) is 7.74. The average molecular weight is 263 g/mol. The van der Waals surface area contributed by atoms with E-state index in [0.717, 1.165) is 17.3 Å². The van der Waals surface area contributed by atoms with Crippen LogP contribution in [0.2, 0.25) is 0 Å². The highest BCUT2D eigenvalue weighted by Gasteiger charge is 2.19. The van der Waals surface area contributed by atoms with Crippen molar-refractivity contribution in [1.29, 1.82) is 0 Å². The van der Waals surface area contributed by atoms with E-state index in [1.54, 1.807) is 13.8 Å². The number of nitrogens with zero attached hydrogens (tertiary/aromatic N) is 1. The molecule has 1 aromatic carbocycles. The number of halogens is 1. The summed E-state index contributed by atoms with van der Waals surface area (Å²) < 4.78 is 13.6. The van der Waals surface area contributed by atoms with Crippen molar-refractivity contribution in [3.05, 3.63) is 29.5 Å². The number of hydrogen-bond donors (Lipinski definition) is 2. The molecule has 0 saturated heterocycles. The van der Waals surface area contributed by atoms with E-state index in [1.165, 1.54) is 11.1 Å². The van der Waals surface area contributed by atoms with Gasteiger partial charge in [-0.3, -0.25) is 5.10 Å². The average Bonchev–Trinajstić information content (AvgIpc) is 2.75. The van der Waals surface area contributed by atoms with E-state index in [1.807, 2.05) is 6.20 Å². The van der Waals surface area contributed by atoms with Crippen LogP contribution in [0.3, 0.4) is 0 Å². The van der Waals surface area contributed by atoms with Crippen molar-refractivity contribution < 1.29 is 4.39 Å². The molecule has 0 fully saturated rings. The van der Waals surface area contributed by atoms with Crippen molar-refractivity contribution in [3.8, 4) is 0 Å². The van der Waals surface area contributed by atoms with Gasteiger partial charge in [0.1, 0.15) is 5.67 Å². The smallest absolute Gasteiger partial charge is 0.117 e. The van der Waals surface area contributed by atoms with Crippen LogP contribution < -0.4 is 5.32 Å². The maximum Gasteiger partial charge on any atom is 0.117 e. The van der Waals surface area contributed by atoms with Crippen LogP contribution in [0.25, 0.3) is 10.9 Å². The highest BCUT2D eigenvalue weighted by atomic mass is 19.1. The zero-order chi connectivity index (χ0) is 14.0. The number of nitrogens with one attached hydrogen (secondary N) is 2. The normalized spacial score (nSPS) is 13.9. The first kappa shape index (κ1) is 14.0. The van der Waals surface area contributed by atoms with Crippen molar-refractivity contribution in [3.63, 3.8) is 0 Å². The number of hydrogen-bond acceptors (Lipinski definition) is 2. The second-order valence-corrected chi connectivity index (χ2v) is 5.73. The molecule has 0 unspecified atom stereocenters. The van der Waals surface area contributed by atoms with Crippen LogP contribution in [0, 0.1) is 6.92 Å². The summed E-state index contributed by atoms with van der Waals surface area (Å²) in [5.74, 6) is 0. The highest BCUT2D eigenvalue weighted by molar-refractivity contribution is 5.79. The topological polar surface area (TPSA) is 40.7 Å². The van der Waals surface area contributed by atoms with Gasteiger partial charge >= 0.3 is 0 Å². The molecular weight excluding hydrogens is 241 g/mol. The van der Waals surface area contributed by atoms with Crippen LogP contribution in [0.4, 0.5) is 4.39 Å². The van der Waals surface area contributed by atoms with Gasteiger partial charge in [0.15, 0.2) is 0 Å². The molecule has 0 amide bonds. The molecule has 0 radical (unpaired) electrons. The summed E-state index contributed by atoms with van der Waals surface area (Å²) in [7, 11) is 0. The van der Waals surface area contributed by atoms with Gasteiger partial charge in [0.05, 0.1) is 11.7 Å². The van der Waals surface area contributed by atoms with Crippen LogP contribution in [-0.4, -0.2) is 22.4 Å². The van der Waals surface area contributed by atoms with E-state index in [2.05, 4.69) is 41.5 Å². The van der Waals surface area contributed by atoms with Crippen molar-refractivity contribution in [1.82, 2.24) is 15.5 Å². The van der Waals surface area contributed by atoms with Crippen LogP contribution in [0.15, 0.2) is 18.3 Å². The summed E-state index contributed by atoms with van der Waals surface area (Å²) >= 11 is 0. The maximum absolute atomic E-state index is 13.6. The highest BCUT2D eigenvalue weighted by Crippen LogP contribution is 2.25. The minimum Gasteiger partial charge on any atom is -0.307 e. The minimum atomic E-state index is -1.19. The second kappa shape index (κ2) is 5.29. The Morgan fingerprint density at radius 2 is 2.16 bits per heavy atom. The molecule has 2 N–H and O–H groups in total. The minimum absolute atomic E-state index is 0.175. The molecule has 1 atom stereocenters. The zero-order valence-corrected chi connectivity index (χ0v) is 12.0. The maximum atomic E-state index is 13.6. The van der Waals surface area contributed by atoms with Gasteiger partial charge in [-0.2, -0.15) is 5.10 Å². The summed E-state index contributed by atoms with van der Waals surface area (Å²) in [5.41, 5.74) is 2.27. The Hall–Kier alpha value is -1.42. The molecule has 0 aliphatic rings. The Morgan fingerprint density at radius 1 is 1.42 bits per heavy atom. The van der Waals surface area contributed by atoms with Crippen molar-refractivity contribution >= 4 is 10.9 Å². The molecule has 19 heavy (non-hydrogen) atoms. The molecular formula is C15H22FN3. The van der Waals surface area contributed by atoms with Gasteiger partial charge in [-0.25, -0.2) is 4.39 Å². The SMILES string of the molecule is CC[C@@H](NCC(C)(C)F)c1cc2cn[nH]c2cc1C. The number of rotatable bonds is 5. The fourth-order valence-electron chi connectivity index (χ4n) is 2.33. The lowest BCUT2D eigenvalue weighted by atomic mass is 9.97. The van der Waals surface area contributed by atoms with Gasteiger partial charge in [-0.15, -0.1) is 0 Å². The number of alkyl halides is 1. The summed E-state index contributed by atoms with van der Waals surface area (Å²) in [6.07, 6.45) is 2.75. The number of fused-ring (bicyclic) bond motifs is 1. The van der Waals surface area contributed by atoms with Gasteiger partial charge < -0.3 is 5.32 Å². The van der Waals surface area contributed by atoms with Crippen LogP contribution in [0.5, 0.6) is 0 Å². The molecule has 0 aliphatic heterocycles. The molecule has 104 valence electrons. The second-order valence-electron chi connectivity index (χ2n) is 5.73. The van der Waals surface area contributed by atoms with Crippen LogP contribution in [-0.2, 0) is 0 Å². The number of aromatic nitrogens is 2. The molecule has 4 heteroatoms. The Kier molecular flexibility index (Phi) is 3.90. The Labute approximate surface area is 113 Å². The number of H-pyrrole nitrogens is 1. The Balaban J connectivity index is 2.26. The lowest BCUT2D eigenvalue weighted by Crippen LogP contribution is -2.33. The van der Waals surface area contributed by atoms with Crippen LogP contribution in [0.1, 0.15) is 44.4 Å². The first-order valence-corrected chi connectivity index (χ1v) is 6.76. The first-order chi connectivity index (χ1) is 8.90. The van der Waals surface area contributed by atoms with Crippen molar-refractivity contribution in [2.24, 2.45) is 0 Å². The molecule has 2 aromatic rings. The van der Waals surface area contributed by atoms with E-state index < -0.39 is 5.67 Å².